The van der Waals surface area contributed by atoms with Gasteiger partial charge < -0.3 is 10.1 Å². The SMILES string of the molecule is Cc1ccc(NC(=O)COc2ccc(/C=N\NC(=O)CN(c3cc(C(F)(F)F)ccc3Cl)S(C)(=O)=O)cc2)cc1. The first kappa shape index (κ1) is 30.4. The van der Waals surface area contributed by atoms with Gasteiger partial charge in [-0.2, -0.15) is 18.3 Å². The highest BCUT2D eigenvalue weighted by molar-refractivity contribution is 7.92. The van der Waals surface area contributed by atoms with Gasteiger partial charge in [-0.15, -0.1) is 0 Å². The third-order valence-corrected chi connectivity index (χ3v) is 6.66. The second-order valence-electron chi connectivity index (χ2n) is 8.50. The quantitative estimate of drug-likeness (QED) is 0.262. The molecule has 0 saturated carbocycles. The van der Waals surface area contributed by atoms with Crippen LogP contribution < -0.4 is 19.8 Å². The molecule has 0 unspecified atom stereocenters. The first-order valence-corrected chi connectivity index (χ1v) is 13.7. The Labute approximate surface area is 233 Å². The van der Waals surface area contributed by atoms with Gasteiger partial charge in [0.05, 0.1) is 28.7 Å². The van der Waals surface area contributed by atoms with Crippen LogP contribution in [-0.2, 0) is 25.8 Å². The van der Waals surface area contributed by atoms with Crippen molar-refractivity contribution in [3.63, 3.8) is 0 Å². The molecule has 9 nitrogen and oxygen atoms in total. The average molecular weight is 597 g/mol. The van der Waals surface area contributed by atoms with Crippen molar-refractivity contribution in [1.82, 2.24) is 5.43 Å². The summed E-state index contributed by atoms with van der Waals surface area (Å²) in [6.07, 6.45) is -2.76. The molecule has 14 heteroatoms. The Hall–Kier alpha value is -4.10. The van der Waals surface area contributed by atoms with Gasteiger partial charge in [0.15, 0.2) is 6.61 Å². The normalized spacial score (nSPS) is 11.8. The highest BCUT2D eigenvalue weighted by atomic mass is 35.5. The fraction of sp³-hybridized carbons (Fsp3) is 0.192. The van der Waals surface area contributed by atoms with Gasteiger partial charge in [0, 0.05) is 5.69 Å². The lowest BCUT2D eigenvalue weighted by Crippen LogP contribution is -2.39. The minimum absolute atomic E-state index is 0.218. The number of carbonyl (C=O) groups excluding carboxylic acids is 2. The number of nitrogens with one attached hydrogen (secondary N) is 2. The third kappa shape index (κ3) is 8.99. The molecular weight excluding hydrogens is 573 g/mol. The smallest absolute Gasteiger partial charge is 0.416 e. The maximum Gasteiger partial charge on any atom is 0.416 e. The van der Waals surface area contributed by atoms with Crippen molar-refractivity contribution in [3.05, 3.63) is 88.4 Å². The Morgan fingerprint density at radius 2 is 1.68 bits per heavy atom. The number of nitrogens with zero attached hydrogens (tertiary/aromatic N) is 2. The van der Waals surface area contributed by atoms with Crippen LogP contribution in [0.4, 0.5) is 24.5 Å². The maximum atomic E-state index is 13.1. The number of anilines is 2. The van der Waals surface area contributed by atoms with Gasteiger partial charge in [-0.25, -0.2) is 13.8 Å². The van der Waals surface area contributed by atoms with Crippen LogP contribution in [0, 0.1) is 6.92 Å². The second-order valence-corrected chi connectivity index (χ2v) is 10.8. The number of hydrogen-bond acceptors (Lipinski definition) is 6. The number of hydrogen-bond donors (Lipinski definition) is 2. The molecule has 2 amide bonds. The van der Waals surface area contributed by atoms with E-state index in [0.29, 0.717) is 33.4 Å². The molecule has 0 radical (unpaired) electrons. The van der Waals surface area contributed by atoms with Gasteiger partial charge in [0.25, 0.3) is 11.8 Å². The summed E-state index contributed by atoms with van der Waals surface area (Å²) >= 11 is 5.94. The molecule has 3 rings (SSSR count). The number of sulfonamides is 1. The van der Waals surface area contributed by atoms with Crippen LogP contribution in [0.2, 0.25) is 5.02 Å². The molecule has 0 aliphatic carbocycles. The van der Waals surface area contributed by atoms with E-state index >= 15 is 0 Å². The van der Waals surface area contributed by atoms with Gasteiger partial charge in [-0.05, 0) is 67.1 Å². The van der Waals surface area contributed by atoms with Crippen LogP contribution in [0.3, 0.4) is 0 Å². The molecule has 0 fully saturated rings. The van der Waals surface area contributed by atoms with Gasteiger partial charge in [0.2, 0.25) is 10.0 Å². The van der Waals surface area contributed by atoms with Crippen molar-refractivity contribution in [2.45, 2.75) is 13.1 Å². The molecule has 0 atom stereocenters. The van der Waals surface area contributed by atoms with Crippen LogP contribution in [0.25, 0.3) is 0 Å². The third-order valence-electron chi connectivity index (χ3n) is 5.22. The summed E-state index contributed by atoms with van der Waals surface area (Å²) in [5, 5.41) is 6.17. The van der Waals surface area contributed by atoms with E-state index in [-0.39, 0.29) is 17.5 Å². The van der Waals surface area contributed by atoms with Crippen molar-refractivity contribution in [3.8, 4) is 5.75 Å². The molecular formula is C26H24ClF3N4O5S. The van der Waals surface area contributed by atoms with E-state index < -0.39 is 39.9 Å². The summed E-state index contributed by atoms with van der Waals surface area (Å²) in [5.74, 6) is -0.858. The van der Waals surface area contributed by atoms with E-state index in [1.807, 2.05) is 19.1 Å². The summed E-state index contributed by atoms with van der Waals surface area (Å²) < 4.78 is 69.7. The average Bonchev–Trinajstić information content (AvgIpc) is 2.87. The number of halogens is 4. The van der Waals surface area contributed by atoms with Crippen molar-refractivity contribution in [2.75, 3.05) is 29.0 Å². The molecule has 0 spiro atoms. The molecule has 0 heterocycles. The van der Waals surface area contributed by atoms with E-state index in [1.54, 1.807) is 36.4 Å². The second kappa shape index (κ2) is 12.8. The zero-order chi connectivity index (χ0) is 29.5. The topological polar surface area (TPSA) is 117 Å². The lowest BCUT2D eigenvalue weighted by Gasteiger charge is -2.23. The Balaban J connectivity index is 1.56. The number of alkyl halides is 3. The van der Waals surface area contributed by atoms with Crippen LogP contribution in [0.15, 0.2) is 71.8 Å². The van der Waals surface area contributed by atoms with Crippen LogP contribution >= 0.6 is 11.6 Å². The maximum absolute atomic E-state index is 13.1. The molecule has 40 heavy (non-hydrogen) atoms. The minimum Gasteiger partial charge on any atom is -0.484 e. The monoisotopic (exact) mass is 596 g/mol. The summed E-state index contributed by atoms with van der Waals surface area (Å²) in [7, 11) is -4.18. The Morgan fingerprint density at radius 3 is 2.27 bits per heavy atom. The van der Waals surface area contributed by atoms with Gasteiger partial charge in [0.1, 0.15) is 12.3 Å². The molecule has 3 aromatic carbocycles. The molecule has 0 bridgehead atoms. The summed E-state index contributed by atoms with van der Waals surface area (Å²) in [6.45, 7) is 0.850. The zero-order valence-electron chi connectivity index (χ0n) is 21.2. The molecule has 0 saturated heterocycles. The van der Waals surface area contributed by atoms with E-state index in [0.717, 1.165) is 17.9 Å². The fourth-order valence-electron chi connectivity index (χ4n) is 3.24. The number of ether oxygens (including phenoxy) is 1. The lowest BCUT2D eigenvalue weighted by molar-refractivity contribution is -0.137. The fourth-order valence-corrected chi connectivity index (χ4v) is 4.37. The predicted octanol–water partition coefficient (Wildman–Crippen LogP) is 4.60. The Morgan fingerprint density at radius 1 is 1.02 bits per heavy atom. The predicted molar refractivity (Wildman–Crippen MR) is 146 cm³/mol. The summed E-state index contributed by atoms with van der Waals surface area (Å²) in [4.78, 5) is 24.4. The van der Waals surface area contributed by atoms with Gasteiger partial charge in [-0.1, -0.05) is 29.3 Å². The minimum atomic E-state index is -4.75. The van der Waals surface area contributed by atoms with Crippen LogP contribution in [-0.4, -0.2) is 45.9 Å². The van der Waals surface area contributed by atoms with Crippen molar-refractivity contribution >= 4 is 51.0 Å². The van der Waals surface area contributed by atoms with Crippen molar-refractivity contribution < 1.29 is 35.9 Å². The van der Waals surface area contributed by atoms with E-state index in [1.165, 1.54) is 6.21 Å². The standard InChI is InChI=1S/C26H24ClF3N4O5S/c1-17-3-8-20(9-4-17)32-25(36)16-39-21-10-5-18(6-11-21)14-31-33-24(35)15-34(40(2,37)38)23-13-19(26(28,29)30)7-12-22(23)27/h3-14H,15-16H2,1-2H3,(H,32,36)(H,33,35)/b31-14-. The molecule has 2 N–H and O–H groups in total. The van der Waals surface area contributed by atoms with Crippen LogP contribution in [0.5, 0.6) is 5.75 Å². The van der Waals surface area contributed by atoms with Crippen molar-refractivity contribution in [1.29, 1.82) is 0 Å². The van der Waals surface area contributed by atoms with Crippen LogP contribution in [0.1, 0.15) is 16.7 Å². The molecule has 0 aliphatic heterocycles. The number of hydrazone groups is 1. The van der Waals surface area contributed by atoms with Crippen molar-refractivity contribution in [2.24, 2.45) is 5.10 Å². The largest absolute Gasteiger partial charge is 0.484 e. The number of rotatable bonds is 10. The number of aryl methyl sites for hydroxylation is 1. The highest BCUT2D eigenvalue weighted by Gasteiger charge is 2.33. The van der Waals surface area contributed by atoms with E-state index in [2.05, 4.69) is 15.8 Å². The number of amides is 2. The molecule has 0 aliphatic rings. The highest BCUT2D eigenvalue weighted by Crippen LogP contribution is 2.36. The van der Waals surface area contributed by atoms with Gasteiger partial charge in [-0.3, -0.25) is 13.9 Å². The zero-order valence-corrected chi connectivity index (χ0v) is 22.8. The molecule has 0 aromatic heterocycles. The Bertz CT molecular complexity index is 1500. The Kier molecular flexibility index (Phi) is 9.77. The summed E-state index contributed by atoms with van der Waals surface area (Å²) in [6, 6.07) is 15.8. The molecule has 212 valence electrons. The number of carbonyl (C=O) groups is 2. The summed E-state index contributed by atoms with van der Waals surface area (Å²) in [5.41, 5.74) is 2.73. The number of benzene rings is 3. The van der Waals surface area contributed by atoms with Gasteiger partial charge >= 0.3 is 6.18 Å². The molecule has 3 aromatic rings. The first-order chi connectivity index (χ1) is 18.7. The van der Waals surface area contributed by atoms with E-state index in [9.17, 15) is 31.2 Å². The van der Waals surface area contributed by atoms with E-state index in [4.69, 9.17) is 16.3 Å². The lowest BCUT2D eigenvalue weighted by atomic mass is 10.2. The first-order valence-electron chi connectivity index (χ1n) is 11.5.